The molecule has 0 aromatic heterocycles. The van der Waals surface area contributed by atoms with Gasteiger partial charge in [0.1, 0.15) is 22.2 Å². The maximum atomic E-state index is 13.4. The first-order valence-corrected chi connectivity index (χ1v) is 10.3. The first kappa shape index (κ1) is 19.2. The minimum absolute atomic E-state index is 0.229. The molecule has 1 aliphatic heterocycles. The molecule has 1 fully saturated rings. The van der Waals surface area contributed by atoms with Gasteiger partial charge in [0.25, 0.3) is 5.91 Å². The number of hydrogen-bond donors (Lipinski definition) is 0. The largest absolute Gasteiger partial charge is 0.271 e. The van der Waals surface area contributed by atoms with E-state index in [0.29, 0.717) is 21.3 Å². The van der Waals surface area contributed by atoms with Gasteiger partial charge in [-0.2, -0.15) is 0 Å². The van der Waals surface area contributed by atoms with Crippen LogP contribution in [-0.2, 0) is 0 Å². The number of aliphatic imine (C=N–C) groups is 1. The van der Waals surface area contributed by atoms with E-state index in [4.69, 9.17) is 28.8 Å². The zero-order valence-electron chi connectivity index (χ0n) is 15.3. The standard InChI is InChI=1S/C22H20ClFN2OS/c23-17-7-5-6-16(14-17)19-21(28)26(20(27)15-8-10-18(24)11-9-15)22(25-19)12-3-1-2-4-13-22/h5-11,14H,1-4,12-13H2. The van der Waals surface area contributed by atoms with Crippen molar-refractivity contribution in [3.05, 3.63) is 70.5 Å². The van der Waals surface area contributed by atoms with Crippen LogP contribution >= 0.6 is 23.8 Å². The third kappa shape index (κ3) is 3.49. The number of amides is 1. The second kappa shape index (κ2) is 7.72. The Morgan fingerprint density at radius 3 is 2.39 bits per heavy atom. The number of halogens is 2. The monoisotopic (exact) mass is 414 g/mol. The Morgan fingerprint density at radius 2 is 1.75 bits per heavy atom. The SMILES string of the molecule is O=C(c1ccc(F)cc1)N1C(=S)C(c2cccc(Cl)c2)=NC12CCCCCC2. The molecule has 2 aliphatic rings. The number of nitrogens with zero attached hydrogens (tertiary/aromatic N) is 2. The average Bonchev–Trinajstić information content (AvgIpc) is 2.82. The molecule has 0 unspecified atom stereocenters. The molecule has 1 aliphatic carbocycles. The van der Waals surface area contributed by atoms with E-state index in [1.54, 1.807) is 11.0 Å². The van der Waals surface area contributed by atoms with E-state index in [-0.39, 0.29) is 11.7 Å². The maximum absolute atomic E-state index is 13.4. The molecule has 28 heavy (non-hydrogen) atoms. The van der Waals surface area contributed by atoms with Crippen LogP contribution in [-0.4, -0.2) is 27.2 Å². The van der Waals surface area contributed by atoms with Gasteiger partial charge >= 0.3 is 0 Å². The van der Waals surface area contributed by atoms with Crippen molar-refractivity contribution in [2.45, 2.75) is 44.2 Å². The van der Waals surface area contributed by atoms with Crippen molar-refractivity contribution < 1.29 is 9.18 Å². The summed E-state index contributed by atoms with van der Waals surface area (Å²) in [5.41, 5.74) is 1.19. The van der Waals surface area contributed by atoms with Gasteiger partial charge < -0.3 is 0 Å². The highest BCUT2D eigenvalue weighted by molar-refractivity contribution is 7.82. The molecule has 0 bridgehead atoms. The molecule has 1 saturated carbocycles. The fourth-order valence-electron chi connectivity index (χ4n) is 4.06. The predicted molar refractivity (Wildman–Crippen MR) is 114 cm³/mol. The lowest BCUT2D eigenvalue weighted by Gasteiger charge is -2.35. The Morgan fingerprint density at radius 1 is 1.07 bits per heavy atom. The lowest BCUT2D eigenvalue weighted by molar-refractivity contribution is 0.0692. The van der Waals surface area contributed by atoms with Crippen molar-refractivity contribution in [3.63, 3.8) is 0 Å². The molecule has 0 saturated heterocycles. The van der Waals surface area contributed by atoms with E-state index >= 15 is 0 Å². The first-order valence-electron chi connectivity index (χ1n) is 9.50. The molecule has 2 aromatic carbocycles. The molecule has 1 spiro atoms. The molecule has 0 N–H and O–H groups in total. The average molecular weight is 415 g/mol. The van der Waals surface area contributed by atoms with E-state index in [2.05, 4.69) is 0 Å². The summed E-state index contributed by atoms with van der Waals surface area (Å²) >= 11 is 11.9. The summed E-state index contributed by atoms with van der Waals surface area (Å²) in [5, 5.41) is 0.598. The van der Waals surface area contributed by atoms with Crippen molar-refractivity contribution in [1.29, 1.82) is 0 Å². The zero-order chi connectivity index (χ0) is 19.7. The third-order valence-corrected chi connectivity index (χ3v) is 6.05. The van der Waals surface area contributed by atoms with Crippen LogP contribution in [0.5, 0.6) is 0 Å². The molecule has 3 nitrogen and oxygen atoms in total. The van der Waals surface area contributed by atoms with Crippen LogP contribution in [0.15, 0.2) is 53.5 Å². The van der Waals surface area contributed by atoms with Crippen molar-refractivity contribution in [3.8, 4) is 0 Å². The lowest BCUT2D eigenvalue weighted by Crippen LogP contribution is -2.49. The van der Waals surface area contributed by atoms with Gasteiger partial charge in [0.05, 0.1) is 0 Å². The minimum Gasteiger partial charge on any atom is -0.271 e. The molecule has 0 radical (unpaired) electrons. The van der Waals surface area contributed by atoms with Gasteiger partial charge in [-0.1, -0.05) is 48.8 Å². The molecular formula is C22H20ClFN2OS. The summed E-state index contributed by atoms with van der Waals surface area (Å²) in [6.45, 7) is 0. The number of rotatable bonds is 2. The Balaban J connectivity index is 1.78. The van der Waals surface area contributed by atoms with Crippen molar-refractivity contribution in [2.24, 2.45) is 4.99 Å². The van der Waals surface area contributed by atoms with Crippen molar-refractivity contribution in [2.75, 3.05) is 0 Å². The summed E-state index contributed by atoms with van der Waals surface area (Å²) in [6, 6.07) is 13.0. The number of carbonyl (C=O) groups excluding carboxylic acids is 1. The van der Waals surface area contributed by atoms with Crippen molar-refractivity contribution >= 4 is 40.4 Å². The van der Waals surface area contributed by atoms with Crippen LogP contribution in [0, 0.1) is 5.82 Å². The molecule has 144 valence electrons. The third-order valence-electron chi connectivity index (χ3n) is 5.44. The number of benzene rings is 2. The van der Waals surface area contributed by atoms with Crippen LogP contribution < -0.4 is 0 Å². The van der Waals surface area contributed by atoms with Gasteiger partial charge in [-0.05, 0) is 62.1 Å². The van der Waals surface area contributed by atoms with E-state index in [1.165, 1.54) is 24.3 Å². The number of carbonyl (C=O) groups is 1. The molecular weight excluding hydrogens is 395 g/mol. The van der Waals surface area contributed by atoms with E-state index in [9.17, 15) is 9.18 Å². The molecule has 2 aromatic rings. The molecule has 4 rings (SSSR count). The van der Waals surface area contributed by atoms with E-state index < -0.39 is 5.66 Å². The smallest absolute Gasteiger partial charge is 0.260 e. The summed E-state index contributed by atoms with van der Waals surface area (Å²) in [4.78, 5) is 20.5. The zero-order valence-corrected chi connectivity index (χ0v) is 16.9. The highest BCUT2D eigenvalue weighted by atomic mass is 35.5. The number of hydrogen-bond acceptors (Lipinski definition) is 3. The number of thiocarbonyl (C=S) groups is 1. The Kier molecular flexibility index (Phi) is 5.30. The fraction of sp³-hybridized carbons (Fsp3) is 0.318. The van der Waals surface area contributed by atoms with Gasteiger partial charge in [0.15, 0.2) is 0 Å². The summed E-state index contributed by atoms with van der Waals surface area (Å²) in [7, 11) is 0. The van der Waals surface area contributed by atoms with Crippen LogP contribution in [0.4, 0.5) is 4.39 Å². The Bertz CT molecular complexity index is 949. The van der Waals surface area contributed by atoms with Crippen LogP contribution in [0.25, 0.3) is 0 Å². The van der Waals surface area contributed by atoms with Gasteiger partial charge in [-0.3, -0.25) is 14.7 Å². The van der Waals surface area contributed by atoms with Gasteiger partial charge in [0, 0.05) is 16.1 Å². The predicted octanol–water partition coefficient (Wildman–Crippen LogP) is 5.80. The van der Waals surface area contributed by atoms with Crippen LogP contribution in [0.3, 0.4) is 0 Å². The van der Waals surface area contributed by atoms with Crippen LogP contribution in [0.1, 0.15) is 54.4 Å². The highest BCUT2D eigenvalue weighted by Gasteiger charge is 2.48. The van der Waals surface area contributed by atoms with Crippen LogP contribution in [0.2, 0.25) is 5.02 Å². The minimum atomic E-state index is -0.670. The maximum Gasteiger partial charge on any atom is 0.260 e. The lowest BCUT2D eigenvalue weighted by atomic mass is 9.99. The molecule has 1 amide bonds. The molecule has 0 atom stereocenters. The summed E-state index contributed by atoms with van der Waals surface area (Å²) in [5.74, 6) is -0.603. The highest BCUT2D eigenvalue weighted by Crippen LogP contribution is 2.40. The normalized spacial score (nSPS) is 18.9. The summed E-state index contributed by atoms with van der Waals surface area (Å²) in [6.07, 6.45) is 5.75. The molecule has 6 heteroatoms. The first-order chi connectivity index (χ1) is 13.5. The Hall–Kier alpha value is -2.11. The molecule has 1 heterocycles. The van der Waals surface area contributed by atoms with Gasteiger partial charge in [0.2, 0.25) is 0 Å². The van der Waals surface area contributed by atoms with E-state index in [0.717, 1.165) is 44.1 Å². The second-order valence-corrected chi connectivity index (χ2v) is 8.14. The topological polar surface area (TPSA) is 32.7 Å². The van der Waals surface area contributed by atoms with E-state index in [1.807, 2.05) is 18.2 Å². The van der Waals surface area contributed by atoms with Crippen molar-refractivity contribution in [1.82, 2.24) is 4.90 Å². The Labute approximate surface area is 174 Å². The quantitative estimate of drug-likeness (QED) is 0.581. The van der Waals surface area contributed by atoms with Gasteiger partial charge in [-0.15, -0.1) is 0 Å². The second-order valence-electron chi connectivity index (χ2n) is 7.32. The van der Waals surface area contributed by atoms with Gasteiger partial charge in [-0.25, -0.2) is 4.39 Å². The summed E-state index contributed by atoms with van der Waals surface area (Å²) < 4.78 is 13.3. The fourth-order valence-corrected chi connectivity index (χ4v) is 4.66.